The number of nitrogens with one attached hydrogen (secondary N) is 1. The van der Waals surface area contributed by atoms with Crippen LogP contribution in [0.25, 0.3) is 0 Å². The van der Waals surface area contributed by atoms with Crippen molar-refractivity contribution in [1.29, 1.82) is 0 Å². The molecule has 3 rings (SSSR count). The normalized spacial score (nSPS) is 11.4. The highest BCUT2D eigenvalue weighted by Crippen LogP contribution is 2.18. The summed E-state index contributed by atoms with van der Waals surface area (Å²) >= 11 is 0. The van der Waals surface area contributed by atoms with Crippen LogP contribution in [0, 0.1) is 0 Å². The molecule has 1 N–H and O–H groups in total. The van der Waals surface area contributed by atoms with Crippen molar-refractivity contribution >= 4 is 11.8 Å². The molecule has 0 fully saturated rings. The number of nitrogens with zero attached hydrogens (tertiary/aromatic N) is 1. The van der Waals surface area contributed by atoms with E-state index in [0.29, 0.717) is 18.7 Å². The van der Waals surface area contributed by atoms with Crippen molar-refractivity contribution in [2.24, 2.45) is 0 Å². The summed E-state index contributed by atoms with van der Waals surface area (Å²) in [4.78, 5) is 28.5. The van der Waals surface area contributed by atoms with Crippen molar-refractivity contribution < 1.29 is 19.1 Å². The molecule has 0 spiro atoms. The fourth-order valence-corrected chi connectivity index (χ4v) is 3.73. The molecule has 3 aromatic carbocycles. The van der Waals surface area contributed by atoms with E-state index in [4.69, 9.17) is 9.47 Å². The van der Waals surface area contributed by atoms with Crippen LogP contribution in [0.3, 0.4) is 0 Å². The molecule has 0 saturated heterocycles. The first-order valence-electron chi connectivity index (χ1n) is 12.0. The molecule has 0 aliphatic rings. The van der Waals surface area contributed by atoms with Gasteiger partial charge in [0.1, 0.15) is 17.5 Å². The van der Waals surface area contributed by atoms with E-state index in [2.05, 4.69) is 12.2 Å². The summed E-state index contributed by atoms with van der Waals surface area (Å²) in [6.07, 6.45) is 2.27. The maximum Gasteiger partial charge on any atom is 0.261 e. The summed E-state index contributed by atoms with van der Waals surface area (Å²) in [5.74, 6) is 0.926. The van der Waals surface area contributed by atoms with Crippen LogP contribution in [0.2, 0.25) is 0 Å². The Bertz CT molecular complexity index is 1040. The zero-order valence-electron chi connectivity index (χ0n) is 20.5. The molecule has 0 aromatic heterocycles. The maximum atomic E-state index is 13.5. The molecule has 0 heterocycles. The van der Waals surface area contributed by atoms with Gasteiger partial charge < -0.3 is 19.7 Å². The summed E-state index contributed by atoms with van der Waals surface area (Å²) in [6, 6.07) is 25.8. The minimum absolute atomic E-state index is 0.159. The number of unbranched alkanes of at least 4 members (excludes halogenated alkanes) is 1. The number of carbonyl (C=O) groups is 2. The molecule has 0 aliphatic carbocycles. The highest BCUT2D eigenvalue weighted by molar-refractivity contribution is 5.88. The van der Waals surface area contributed by atoms with Gasteiger partial charge in [0.15, 0.2) is 6.61 Å². The number of amides is 2. The lowest BCUT2D eigenvalue weighted by atomic mass is 10.0. The van der Waals surface area contributed by atoms with Crippen molar-refractivity contribution in [1.82, 2.24) is 10.2 Å². The number of hydrogen-bond donors (Lipinski definition) is 1. The lowest BCUT2D eigenvalue weighted by molar-refractivity contribution is -0.142. The van der Waals surface area contributed by atoms with Gasteiger partial charge in [-0.05, 0) is 41.8 Å². The maximum absolute atomic E-state index is 13.5. The van der Waals surface area contributed by atoms with Gasteiger partial charge in [-0.2, -0.15) is 0 Å². The molecule has 6 nitrogen and oxygen atoms in total. The number of methoxy groups -OCH3 is 1. The quantitative estimate of drug-likeness (QED) is 0.367. The minimum Gasteiger partial charge on any atom is -0.497 e. The number of ether oxygens (including phenoxy) is 2. The molecule has 0 radical (unpaired) electrons. The monoisotopic (exact) mass is 474 g/mol. The van der Waals surface area contributed by atoms with Crippen molar-refractivity contribution in [3.05, 3.63) is 96.1 Å². The van der Waals surface area contributed by atoms with Crippen LogP contribution in [0.1, 0.15) is 30.9 Å². The Morgan fingerprint density at radius 1 is 0.857 bits per heavy atom. The zero-order valence-corrected chi connectivity index (χ0v) is 20.5. The third kappa shape index (κ3) is 8.18. The zero-order chi connectivity index (χ0) is 24.9. The smallest absolute Gasteiger partial charge is 0.261 e. The van der Waals surface area contributed by atoms with Crippen LogP contribution < -0.4 is 14.8 Å². The second-order valence-electron chi connectivity index (χ2n) is 8.32. The number of benzene rings is 3. The highest BCUT2D eigenvalue weighted by atomic mass is 16.5. The molecule has 1 atom stereocenters. The molecule has 184 valence electrons. The third-order valence-corrected chi connectivity index (χ3v) is 5.72. The van der Waals surface area contributed by atoms with Gasteiger partial charge in [0.2, 0.25) is 5.91 Å². The molecule has 3 aromatic rings. The predicted octanol–water partition coefficient (Wildman–Crippen LogP) is 4.63. The van der Waals surface area contributed by atoms with E-state index in [1.54, 1.807) is 24.1 Å². The standard InChI is InChI=1S/C29H34N2O4/c1-3-4-19-30-29(33)27(20-23-11-7-5-8-12-23)31(21-24-15-17-25(34-2)18-16-24)28(32)22-35-26-13-9-6-10-14-26/h5-18,27H,3-4,19-22H2,1-2H3,(H,30,33)/t27-/m0/s1. The van der Waals surface area contributed by atoms with Gasteiger partial charge in [-0.1, -0.05) is 74.0 Å². The topological polar surface area (TPSA) is 67.9 Å². The van der Waals surface area contributed by atoms with Crippen LogP contribution in [0.15, 0.2) is 84.9 Å². The van der Waals surface area contributed by atoms with Crippen LogP contribution in [-0.4, -0.2) is 43.0 Å². The molecule has 6 heteroatoms. The predicted molar refractivity (Wildman–Crippen MR) is 137 cm³/mol. The fraction of sp³-hybridized carbons (Fsp3) is 0.310. The number of hydrogen-bond acceptors (Lipinski definition) is 4. The summed E-state index contributed by atoms with van der Waals surface area (Å²) in [7, 11) is 1.61. The Kier molecular flexibility index (Phi) is 10.2. The average molecular weight is 475 g/mol. The van der Waals surface area contributed by atoms with Crippen LogP contribution >= 0.6 is 0 Å². The van der Waals surface area contributed by atoms with E-state index < -0.39 is 6.04 Å². The number of rotatable bonds is 13. The van der Waals surface area contributed by atoms with Gasteiger partial charge in [-0.15, -0.1) is 0 Å². The van der Waals surface area contributed by atoms with E-state index in [1.807, 2.05) is 72.8 Å². The van der Waals surface area contributed by atoms with E-state index in [9.17, 15) is 9.59 Å². The average Bonchev–Trinajstić information content (AvgIpc) is 2.91. The first-order valence-corrected chi connectivity index (χ1v) is 12.0. The first-order chi connectivity index (χ1) is 17.1. The Balaban J connectivity index is 1.87. The molecule has 0 unspecified atom stereocenters. The third-order valence-electron chi connectivity index (χ3n) is 5.72. The second kappa shape index (κ2) is 13.8. The van der Waals surface area contributed by atoms with Crippen LogP contribution in [0.5, 0.6) is 11.5 Å². The number of para-hydroxylation sites is 1. The summed E-state index contributed by atoms with van der Waals surface area (Å²) < 4.78 is 11.0. The first kappa shape index (κ1) is 25.8. The Morgan fingerprint density at radius 3 is 2.14 bits per heavy atom. The molecule has 0 bridgehead atoms. The fourth-order valence-electron chi connectivity index (χ4n) is 3.73. The van der Waals surface area contributed by atoms with Gasteiger partial charge in [0.25, 0.3) is 5.91 Å². The molecule has 0 aliphatic heterocycles. The second-order valence-corrected chi connectivity index (χ2v) is 8.32. The van der Waals surface area contributed by atoms with E-state index >= 15 is 0 Å². The summed E-state index contributed by atoms with van der Waals surface area (Å²) in [5, 5.41) is 3.02. The lowest BCUT2D eigenvalue weighted by Crippen LogP contribution is -2.51. The van der Waals surface area contributed by atoms with Crippen molar-refractivity contribution in [3.8, 4) is 11.5 Å². The van der Waals surface area contributed by atoms with Gasteiger partial charge in [0.05, 0.1) is 7.11 Å². The van der Waals surface area contributed by atoms with Gasteiger partial charge in [-0.25, -0.2) is 0 Å². The Morgan fingerprint density at radius 2 is 1.51 bits per heavy atom. The SMILES string of the molecule is CCCCNC(=O)[C@H](Cc1ccccc1)N(Cc1ccc(OC)cc1)C(=O)COc1ccccc1. The van der Waals surface area contributed by atoms with E-state index in [-0.39, 0.29) is 25.0 Å². The summed E-state index contributed by atoms with van der Waals surface area (Å²) in [6.45, 7) is 2.77. The molecular formula is C29H34N2O4. The summed E-state index contributed by atoms with van der Waals surface area (Å²) in [5.41, 5.74) is 1.89. The molecular weight excluding hydrogens is 440 g/mol. The highest BCUT2D eigenvalue weighted by Gasteiger charge is 2.30. The van der Waals surface area contributed by atoms with Crippen molar-refractivity contribution in [2.45, 2.75) is 38.8 Å². The minimum atomic E-state index is -0.678. The van der Waals surface area contributed by atoms with Crippen molar-refractivity contribution in [2.75, 3.05) is 20.3 Å². The van der Waals surface area contributed by atoms with Gasteiger partial charge >= 0.3 is 0 Å². The molecule has 2 amide bonds. The van der Waals surface area contributed by atoms with E-state index in [1.165, 1.54) is 0 Å². The van der Waals surface area contributed by atoms with E-state index in [0.717, 1.165) is 29.7 Å². The van der Waals surface area contributed by atoms with Crippen molar-refractivity contribution in [3.63, 3.8) is 0 Å². The largest absolute Gasteiger partial charge is 0.497 e. The van der Waals surface area contributed by atoms with Gasteiger partial charge in [-0.3, -0.25) is 9.59 Å². The Hall–Kier alpha value is -3.80. The van der Waals surface area contributed by atoms with Crippen LogP contribution in [-0.2, 0) is 22.6 Å². The molecule has 35 heavy (non-hydrogen) atoms. The lowest BCUT2D eigenvalue weighted by Gasteiger charge is -2.31. The van der Waals surface area contributed by atoms with Gasteiger partial charge in [0, 0.05) is 19.5 Å². The number of carbonyl (C=O) groups excluding carboxylic acids is 2. The Labute approximate surface area is 207 Å². The molecule has 0 saturated carbocycles. The van der Waals surface area contributed by atoms with Crippen LogP contribution in [0.4, 0.5) is 0 Å².